The summed E-state index contributed by atoms with van der Waals surface area (Å²) in [5.41, 5.74) is 0. The van der Waals surface area contributed by atoms with Crippen LogP contribution in [0, 0.1) is 0 Å². The van der Waals surface area contributed by atoms with Crippen molar-refractivity contribution in [3.05, 3.63) is 182 Å². The van der Waals surface area contributed by atoms with Crippen molar-refractivity contribution in [2.75, 3.05) is 13.2 Å². The van der Waals surface area contributed by atoms with Gasteiger partial charge in [-0.3, -0.25) is 9.59 Å². The van der Waals surface area contributed by atoms with Gasteiger partial charge in [-0.05, 0) is 128 Å². The molecule has 0 aliphatic heterocycles. The summed E-state index contributed by atoms with van der Waals surface area (Å²) < 4.78 is 10.6. The molecule has 0 saturated carbocycles. The largest absolute Gasteiger partial charge is 0.462 e. The van der Waals surface area contributed by atoms with E-state index in [-0.39, 0.29) is 31.6 Å². The Kier molecular flexibility index (Phi) is 50.2. The zero-order valence-corrected chi connectivity index (χ0v) is 41.4. The minimum atomic E-state index is -0.826. The fraction of sp³-hybridized carbons (Fsp3) is 0.475. The second kappa shape index (κ2) is 54.3. The molecule has 0 aromatic rings. The summed E-state index contributed by atoms with van der Waals surface area (Å²) in [7, 11) is 0. The molecular weight excluding hydrogens is 813 g/mol. The standard InChI is InChI=1S/C61H90O5/c1-3-5-7-9-11-13-15-17-19-21-23-25-27-28-29-30-31-32-34-36-38-40-42-44-46-48-50-52-54-56-61(64)66-59(57-62)58-65-60(63)55-53-51-49-47-45-43-41-39-37-35-33-26-24-22-20-18-16-14-12-10-8-6-4-2/h5-8,11-14,17-20,23-26,28-29,31-32,35-38,41-44,47,49,59,62H,3-4,9-10,15-16,21-22,27,30,33-34,39-40,45-46,48,50-58H2,1-2H3/b7-5-,8-6-,13-11-,14-12-,19-17-,20-18-,25-23-,26-24-,29-28-,32-31-,37-35-,38-36-,43-41-,44-42-,49-47-. The van der Waals surface area contributed by atoms with Gasteiger partial charge in [-0.2, -0.15) is 0 Å². The van der Waals surface area contributed by atoms with E-state index in [0.29, 0.717) is 12.8 Å². The number of aliphatic hydroxyl groups is 1. The van der Waals surface area contributed by atoms with Gasteiger partial charge >= 0.3 is 11.9 Å². The lowest BCUT2D eigenvalue weighted by atomic mass is 10.1. The molecule has 0 aromatic heterocycles. The summed E-state index contributed by atoms with van der Waals surface area (Å²) in [5.74, 6) is -0.710. The molecule has 0 bridgehead atoms. The zero-order valence-electron chi connectivity index (χ0n) is 41.4. The van der Waals surface area contributed by atoms with Gasteiger partial charge in [-0.1, -0.05) is 209 Å². The predicted molar refractivity (Wildman–Crippen MR) is 287 cm³/mol. The molecule has 1 unspecified atom stereocenters. The van der Waals surface area contributed by atoms with Crippen LogP contribution in [0.5, 0.6) is 0 Å². The number of unbranched alkanes of at least 4 members (excludes halogenated alkanes) is 5. The molecule has 0 saturated heterocycles. The van der Waals surface area contributed by atoms with Crippen LogP contribution in [0.15, 0.2) is 182 Å². The summed E-state index contributed by atoms with van der Waals surface area (Å²) in [6.07, 6.45) is 86.9. The van der Waals surface area contributed by atoms with Crippen LogP contribution in [0.4, 0.5) is 0 Å². The van der Waals surface area contributed by atoms with Crippen molar-refractivity contribution >= 4 is 11.9 Å². The van der Waals surface area contributed by atoms with Crippen molar-refractivity contribution < 1.29 is 24.2 Å². The van der Waals surface area contributed by atoms with Crippen LogP contribution in [0.25, 0.3) is 0 Å². The van der Waals surface area contributed by atoms with E-state index in [4.69, 9.17) is 9.47 Å². The summed E-state index contributed by atoms with van der Waals surface area (Å²) in [4.78, 5) is 24.4. The maximum Gasteiger partial charge on any atom is 0.306 e. The molecule has 0 aliphatic carbocycles. The Hall–Kier alpha value is -5.00. The number of carbonyl (C=O) groups is 2. The van der Waals surface area contributed by atoms with Crippen molar-refractivity contribution in [1.82, 2.24) is 0 Å². The van der Waals surface area contributed by atoms with E-state index in [1.165, 1.54) is 0 Å². The number of carbonyl (C=O) groups excluding carboxylic acids is 2. The third kappa shape index (κ3) is 51.6. The van der Waals surface area contributed by atoms with E-state index in [2.05, 4.69) is 196 Å². The molecule has 1 N–H and O–H groups in total. The van der Waals surface area contributed by atoms with Crippen LogP contribution < -0.4 is 0 Å². The Morgan fingerprint density at radius 1 is 0.348 bits per heavy atom. The van der Waals surface area contributed by atoms with Crippen molar-refractivity contribution in [2.24, 2.45) is 0 Å². The predicted octanol–water partition coefficient (Wildman–Crippen LogP) is 17.2. The lowest BCUT2D eigenvalue weighted by Crippen LogP contribution is -2.28. The van der Waals surface area contributed by atoms with Crippen LogP contribution in [0.3, 0.4) is 0 Å². The molecule has 1 atom stereocenters. The first-order valence-electron chi connectivity index (χ1n) is 25.3. The summed E-state index contributed by atoms with van der Waals surface area (Å²) in [5, 5.41) is 9.62. The van der Waals surface area contributed by atoms with Crippen LogP contribution >= 0.6 is 0 Å². The highest BCUT2D eigenvalue weighted by Gasteiger charge is 2.16. The van der Waals surface area contributed by atoms with Crippen LogP contribution in [0.2, 0.25) is 0 Å². The van der Waals surface area contributed by atoms with Crippen LogP contribution in [0.1, 0.15) is 168 Å². The SMILES string of the molecule is CC/C=C\C/C=C\C/C=C\C/C=C\C/C=C\C/C=C\C/C=C\C/C=C\CCCCCCC(=O)OC(CO)COC(=O)CCC/C=C\C/C=C\C/C=C\C/C=C\C/C=C\C/C=C\C/C=C\CC. The second-order valence-electron chi connectivity index (χ2n) is 15.8. The highest BCUT2D eigenvalue weighted by molar-refractivity contribution is 5.70. The smallest absolute Gasteiger partial charge is 0.306 e. The van der Waals surface area contributed by atoms with Gasteiger partial charge in [-0.25, -0.2) is 0 Å². The monoisotopic (exact) mass is 903 g/mol. The minimum absolute atomic E-state index is 0.121. The fourth-order valence-electron chi connectivity index (χ4n) is 5.97. The molecule has 0 spiro atoms. The number of ether oxygens (including phenoxy) is 2. The molecular formula is C61H90O5. The maximum atomic E-state index is 12.3. The topological polar surface area (TPSA) is 72.8 Å². The van der Waals surface area contributed by atoms with Crippen LogP contribution in [-0.2, 0) is 19.1 Å². The molecule has 364 valence electrons. The molecule has 0 heterocycles. The fourth-order valence-corrected chi connectivity index (χ4v) is 5.97. The molecule has 0 aliphatic rings. The Morgan fingerprint density at radius 2 is 0.621 bits per heavy atom. The number of esters is 2. The lowest BCUT2D eigenvalue weighted by molar-refractivity contribution is -0.161. The van der Waals surface area contributed by atoms with E-state index >= 15 is 0 Å². The highest BCUT2D eigenvalue weighted by atomic mass is 16.6. The maximum absolute atomic E-state index is 12.3. The zero-order chi connectivity index (χ0) is 47.7. The van der Waals surface area contributed by atoms with Crippen molar-refractivity contribution in [1.29, 1.82) is 0 Å². The summed E-state index contributed by atoms with van der Waals surface area (Å²) >= 11 is 0. The average Bonchev–Trinajstić information content (AvgIpc) is 3.32. The highest BCUT2D eigenvalue weighted by Crippen LogP contribution is 2.09. The number of allylic oxidation sites excluding steroid dienone is 30. The lowest BCUT2D eigenvalue weighted by Gasteiger charge is -2.15. The minimum Gasteiger partial charge on any atom is -0.462 e. The first kappa shape index (κ1) is 61.0. The second-order valence-corrected chi connectivity index (χ2v) is 15.8. The van der Waals surface area contributed by atoms with E-state index in [1.54, 1.807) is 0 Å². The molecule has 66 heavy (non-hydrogen) atoms. The van der Waals surface area contributed by atoms with Gasteiger partial charge in [-0.15, -0.1) is 0 Å². The first-order valence-corrected chi connectivity index (χ1v) is 25.3. The summed E-state index contributed by atoms with van der Waals surface area (Å²) in [6, 6.07) is 0. The Labute approximate surface area is 404 Å². The summed E-state index contributed by atoms with van der Waals surface area (Å²) in [6.45, 7) is 3.81. The molecule has 0 amide bonds. The van der Waals surface area contributed by atoms with Gasteiger partial charge in [0.05, 0.1) is 6.61 Å². The van der Waals surface area contributed by atoms with Crippen molar-refractivity contribution in [3.8, 4) is 0 Å². The number of aliphatic hydroxyl groups excluding tert-OH is 1. The first-order chi connectivity index (χ1) is 32.6. The van der Waals surface area contributed by atoms with E-state index < -0.39 is 6.10 Å². The van der Waals surface area contributed by atoms with Gasteiger partial charge in [0.25, 0.3) is 0 Å². The van der Waals surface area contributed by atoms with E-state index in [0.717, 1.165) is 135 Å². The third-order valence-electron chi connectivity index (χ3n) is 9.69. The van der Waals surface area contributed by atoms with Crippen LogP contribution in [-0.4, -0.2) is 36.4 Å². The number of hydrogen-bond donors (Lipinski definition) is 1. The van der Waals surface area contributed by atoms with Gasteiger partial charge in [0.2, 0.25) is 0 Å². The Balaban J connectivity index is 3.77. The molecule has 5 heteroatoms. The Bertz CT molecular complexity index is 1580. The normalized spacial score (nSPS) is 13.8. The molecule has 5 nitrogen and oxygen atoms in total. The molecule has 0 aromatic carbocycles. The molecule has 0 rings (SSSR count). The van der Waals surface area contributed by atoms with E-state index in [9.17, 15) is 14.7 Å². The third-order valence-corrected chi connectivity index (χ3v) is 9.69. The van der Waals surface area contributed by atoms with Crippen molar-refractivity contribution in [3.63, 3.8) is 0 Å². The molecule has 0 fully saturated rings. The van der Waals surface area contributed by atoms with Gasteiger partial charge in [0.15, 0.2) is 6.10 Å². The van der Waals surface area contributed by atoms with Gasteiger partial charge in [0, 0.05) is 12.8 Å². The van der Waals surface area contributed by atoms with Gasteiger partial charge in [0.1, 0.15) is 6.61 Å². The van der Waals surface area contributed by atoms with Gasteiger partial charge < -0.3 is 14.6 Å². The molecule has 0 radical (unpaired) electrons. The average molecular weight is 903 g/mol. The number of hydrogen-bond acceptors (Lipinski definition) is 5. The quantitative estimate of drug-likeness (QED) is 0.0375. The number of rotatable bonds is 43. The van der Waals surface area contributed by atoms with E-state index in [1.807, 2.05) is 0 Å². The Morgan fingerprint density at radius 3 is 0.939 bits per heavy atom. The van der Waals surface area contributed by atoms with Crippen molar-refractivity contribution in [2.45, 2.75) is 174 Å².